The van der Waals surface area contributed by atoms with Crippen molar-refractivity contribution in [1.82, 2.24) is 0 Å². The summed E-state index contributed by atoms with van der Waals surface area (Å²) in [7, 11) is 0. The quantitative estimate of drug-likeness (QED) is 0.841. The molecule has 6 nitrogen and oxygen atoms in total. The number of carboxylic acids is 1. The summed E-state index contributed by atoms with van der Waals surface area (Å²) in [4.78, 5) is 36.5. The average Bonchev–Trinajstić information content (AvgIpc) is 2.81. The van der Waals surface area contributed by atoms with Gasteiger partial charge < -0.3 is 10.4 Å². The fraction of sp³-hybridized carbons (Fsp3) is 0.118. The van der Waals surface area contributed by atoms with Crippen molar-refractivity contribution in [3.05, 3.63) is 59.9 Å². The van der Waals surface area contributed by atoms with Gasteiger partial charge in [0.05, 0.1) is 17.7 Å². The van der Waals surface area contributed by atoms with Gasteiger partial charge in [-0.25, -0.2) is 14.1 Å². The van der Waals surface area contributed by atoms with Gasteiger partial charge in [0, 0.05) is 5.69 Å². The van der Waals surface area contributed by atoms with E-state index in [0.29, 0.717) is 11.4 Å². The molecule has 2 aromatic rings. The second-order valence-electron chi connectivity index (χ2n) is 5.33. The maximum absolute atomic E-state index is 13.2. The van der Waals surface area contributed by atoms with Crippen molar-refractivity contribution in [3.8, 4) is 0 Å². The second-order valence-corrected chi connectivity index (χ2v) is 5.33. The molecule has 1 aliphatic rings. The number of amides is 2. The van der Waals surface area contributed by atoms with E-state index in [1.165, 1.54) is 42.5 Å². The van der Waals surface area contributed by atoms with Crippen molar-refractivity contribution < 1.29 is 23.9 Å². The third-order valence-electron chi connectivity index (χ3n) is 3.68. The first-order valence-electron chi connectivity index (χ1n) is 7.18. The highest BCUT2D eigenvalue weighted by Crippen LogP contribution is 2.25. The largest absolute Gasteiger partial charge is 0.478 e. The highest BCUT2D eigenvalue weighted by molar-refractivity contribution is 6.23. The molecule has 3 rings (SSSR count). The molecule has 0 spiro atoms. The van der Waals surface area contributed by atoms with E-state index in [9.17, 15) is 18.8 Å². The lowest BCUT2D eigenvalue weighted by Gasteiger charge is -2.16. The third-order valence-corrected chi connectivity index (χ3v) is 3.68. The van der Waals surface area contributed by atoms with Crippen molar-refractivity contribution in [3.63, 3.8) is 0 Å². The number of hydrogen-bond acceptors (Lipinski definition) is 4. The van der Waals surface area contributed by atoms with Gasteiger partial charge in [-0.1, -0.05) is 6.07 Å². The van der Waals surface area contributed by atoms with Crippen LogP contribution in [0.1, 0.15) is 16.8 Å². The van der Waals surface area contributed by atoms with Gasteiger partial charge in [0.2, 0.25) is 5.91 Å². The van der Waals surface area contributed by atoms with Gasteiger partial charge >= 0.3 is 5.97 Å². The summed E-state index contributed by atoms with van der Waals surface area (Å²) in [5.74, 6) is -2.41. The summed E-state index contributed by atoms with van der Waals surface area (Å²) >= 11 is 0. The molecule has 0 unspecified atom stereocenters. The molecule has 2 aromatic carbocycles. The van der Waals surface area contributed by atoms with Crippen molar-refractivity contribution in [1.29, 1.82) is 0 Å². The summed E-state index contributed by atoms with van der Waals surface area (Å²) in [5.41, 5.74) is 0.773. The van der Waals surface area contributed by atoms with Crippen molar-refractivity contribution in [2.24, 2.45) is 0 Å². The number of halogens is 1. The van der Waals surface area contributed by atoms with Gasteiger partial charge in [-0.05, 0) is 42.5 Å². The van der Waals surface area contributed by atoms with Crippen LogP contribution in [-0.2, 0) is 9.59 Å². The molecular formula is C17H13FN2O4. The smallest absolute Gasteiger partial charge is 0.335 e. The van der Waals surface area contributed by atoms with Crippen molar-refractivity contribution in [2.75, 3.05) is 10.2 Å². The maximum atomic E-state index is 13.2. The Morgan fingerprint density at radius 3 is 2.50 bits per heavy atom. The molecule has 2 N–H and O–H groups in total. The number of nitrogens with zero attached hydrogens (tertiary/aromatic N) is 1. The topological polar surface area (TPSA) is 86.7 Å². The molecule has 1 heterocycles. The third kappa shape index (κ3) is 2.96. The Bertz CT molecular complexity index is 820. The highest BCUT2D eigenvalue weighted by atomic mass is 19.1. The molecule has 0 saturated carbocycles. The lowest BCUT2D eigenvalue weighted by Crippen LogP contribution is -2.34. The maximum Gasteiger partial charge on any atom is 0.335 e. The fourth-order valence-corrected chi connectivity index (χ4v) is 2.55. The van der Waals surface area contributed by atoms with E-state index in [4.69, 9.17) is 5.11 Å². The fourth-order valence-electron chi connectivity index (χ4n) is 2.55. The van der Waals surface area contributed by atoms with E-state index in [2.05, 4.69) is 5.32 Å². The molecule has 1 saturated heterocycles. The van der Waals surface area contributed by atoms with Crippen molar-refractivity contribution >= 4 is 29.2 Å². The lowest BCUT2D eigenvalue weighted by molar-refractivity contribution is -0.121. The van der Waals surface area contributed by atoms with Crippen LogP contribution in [0.4, 0.5) is 15.8 Å². The summed E-state index contributed by atoms with van der Waals surface area (Å²) < 4.78 is 13.2. The molecule has 1 atom stereocenters. The molecule has 24 heavy (non-hydrogen) atoms. The summed E-state index contributed by atoms with van der Waals surface area (Å²) in [5, 5.41) is 11.7. The van der Waals surface area contributed by atoms with Crippen LogP contribution in [0.2, 0.25) is 0 Å². The molecule has 1 aliphatic heterocycles. The predicted molar refractivity (Wildman–Crippen MR) is 84.3 cm³/mol. The van der Waals surface area contributed by atoms with Crippen LogP contribution < -0.4 is 10.2 Å². The molecule has 2 amide bonds. The van der Waals surface area contributed by atoms with E-state index < -0.39 is 29.6 Å². The summed E-state index contributed by atoms with van der Waals surface area (Å²) in [6.45, 7) is 0. The molecular weight excluding hydrogens is 315 g/mol. The van der Waals surface area contributed by atoms with E-state index in [1.807, 2.05) is 0 Å². The molecule has 7 heteroatoms. The Labute approximate surface area is 136 Å². The Morgan fingerprint density at radius 2 is 1.88 bits per heavy atom. The molecule has 0 radical (unpaired) electrons. The normalized spacial score (nSPS) is 17.2. The van der Waals surface area contributed by atoms with Crippen LogP contribution in [0.5, 0.6) is 0 Å². The number of anilines is 2. The highest BCUT2D eigenvalue weighted by Gasteiger charge is 2.39. The average molecular weight is 328 g/mol. The van der Waals surface area contributed by atoms with Crippen LogP contribution in [-0.4, -0.2) is 28.9 Å². The van der Waals surface area contributed by atoms with Crippen molar-refractivity contribution in [2.45, 2.75) is 12.5 Å². The van der Waals surface area contributed by atoms with Crippen LogP contribution >= 0.6 is 0 Å². The predicted octanol–water partition coefficient (Wildman–Crippen LogP) is 2.27. The number of aromatic carboxylic acids is 1. The lowest BCUT2D eigenvalue weighted by atomic mass is 10.2. The van der Waals surface area contributed by atoms with Crippen LogP contribution in [0.25, 0.3) is 0 Å². The zero-order valence-corrected chi connectivity index (χ0v) is 12.4. The number of carbonyl (C=O) groups excluding carboxylic acids is 2. The minimum absolute atomic E-state index is 0.0595. The van der Waals surface area contributed by atoms with Gasteiger partial charge in [0.1, 0.15) is 11.9 Å². The van der Waals surface area contributed by atoms with Gasteiger partial charge in [0.25, 0.3) is 5.91 Å². The number of rotatable bonds is 4. The molecule has 0 aromatic heterocycles. The SMILES string of the molecule is O=C(O)c1ccc(N2C(=O)C[C@@H](Nc3cccc(F)c3)C2=O)cc1. The number of imide groups is 1. The van der Waals surface area contributed by atoms with Crippen LogP contribution in [0.3, 0.4) is 0 Å². The number of nitrogens with one attached hydrogen (secondary N) is 1. The molecule has 122 valence electrons. The van der Waals surface area contributed by atoms with Crippen LogP contribution in [0.15, 0.2) is 48.5 Å². The standard InChI is InChI=1S/C17H13FN2O4/c18-11-2-1-3-12(8-11)19-14-9-15(21)20(16(14)22)13-6-4-10(5-7-13)17(23)24/h1-8,14,19H,9H2,(H,23,24)/t14-/m1/s1. The Balaban J connectivity index is 1.80. The van der Waals surface area contributed by atoms with Gasteiger partial charge in [0.15, 0.2) is 0 Å². The van der Waals surface area contributed by atoms with Gasteiger partial charge in [-0.2, -0.15) is 0 Å². The number of carboxylic acid groups (broad SMARTS) is 1. The number of carbonyl (C=O) groups is 3. The van der Waals surface area contributed by atoms with E-state index in [1.54, 1.807) is 6.07 Å². The number of hydrogen-bond donors (Lipinski definition) is 2. The minimum Gasteiger partial charge on any atom is -0.478 e. The minimum atomic E-state index is -1.09. The van der Waals surface area contributed by atoms with E-state index in [-0.39, 0.29) is 12.0 Å². The van der Waals surface area contributed by atoms with E-state index in [0.717, 1.165) is 4.90 Å². The second kappa shape index (κ2) is 6.11. The molecule has 0 bridgehead atoms. The first-order chi connectivity index (χ1) is 11.5. The Morgan fingerprint density at radius 1 is 1.17 bits per heavy atom. The van der Waals surface area contributed by atoms with Gasteiger partial charge in [-0.3, -0.25) is 9.59 Å². The molecule has 1 fully saturated rings. The Kier molecular flexibility index (Phi) is 3.99. The van der Waals surface area contributed by atoms with E-state index >= 15 is 0 Å². The first-order valence-corrected chi connectivity index (χ1v) is 7.18. The number of benzene rings is 2. The molecule has 0 aliphatic carbocycles. The first kappa shape index (κ1) is 15.7. The zero-order chi connectivity index (χ0) is 17.3. The zero-order valence-electron chi connectivity index (χ0n) is 12.4. The van der Waals surface area contributed by atoms with Crippen LogP contribution in [0, 0.1) is 5.82 Å². The van der Waals surface area contributed by atoms with Gasteiger partial charge in [-0.15, -0.1) is 0 Å². The monoisotopic (exact) mass is 328 g/mol. The Hall–Kier alpha value is -3.22. The summed E-state index contributed by atoms with van der Waals surface area (Å²) in [6.07, 6.45) is -0.0595. The summed E-state index contributed by atoms with van der Waals surface area (Å²) in [6, 6.07) is 10.3.